The first-order chi connectivity index (χ1) is 17.4. The number of carbonyl (C=O) groups excluding carboxylic acids is 3. The molecule has 4 rings (SSSR count). The summed E-state index contributed by atoms with van der Waals surface area (Å²) in [5, 5.41) is 14.0. The number of amides is 3. The summed E-state index contributed by atoms with van der Waals surface area (Å²) in [7, 11) is 0. The molecule has 6 N–H and O–H groups in total. The maximum Gasteiger partial charge on any atom is 0.251 e. The molecule has 3 aromatic rings. The zero-order chi connectivity index (χ0) is 25.5. The van der Waals surface area contributed by atoms with Gasteiger partial charge in [0, 0.05) is 30.3 Å². The van der Waals surface area contributed by atoms with Gasteiger partial charge in [0.1, 0.15) is 6.04 Å². The minimum atomic E-state index is -0.902. The Hall–Kier alpha value is -3.75. The van der Waals surface area contributed by atoms with Crippen molar-refractivity contribution in [1.29, 1.82) is 0 Å². The van der Waals surface area contributed by atoms with Crippen molar-refractivity contribution >= 4 is 34.2 Å². The second-order valence-electron chi connectivity index (χ2n) is 9.22. The number of hydrogen-bond donors (Lipinski definition) is 5. The molecule has 0 radical (unpaired) electrons. The minimum Gasteiger partial charge on any atom is -0.354 e. The number of benzene rings is 3. The standard InChI is InChI=1S/C28H33N5O3/c1-18-9-10-22(33-28(36)25(29)17-32-26(34)20-11-13-30-14-12-20)15-24(18)27(35)31-16-21-7-4-6-19-5-2-3-8-23(19)21/h2-10,15,20,25,30H,11-14,16-17,29H2,1H3,(H,31,35)(H,32,34)(H,33,36)/t25-/m0/s1. The lowest BCUT2D eigenvalue weighted by Crippen LogP contribution is -2.47. The topological polar surface area (TPSA) is 125 Å². The Morgan fingerprint density at radius 2 is 1.75 bits per heavy atom. The van der Waals surface area contributed by atoms with Crippen LogP contribution in [0.15, 0.2) is 60.7 Å². The van der Waals surface area contributed by atoms with Crippen LogP contribution in [-0.4, -0.2) is 43.4 Å². The van der Waals surface area contributed by atoms with E-state index in [0.717, 1.165) is 47.8 Å². The summed E-state index contributed by atoms with van der Waals surface area (Å²) in [4.78, 5) is 37.9. The van der Waals surface area contributed by atoms with Gasteiger partial charge in [-0.25, -0.2) is 0 Å². The molecule has 3 aromatic carbocycles. The van der Waals surface area contributed by atoms with Gasteiger partial charge in [-0.05, 0) is 66.9 Å². The summed E-state index contributed by atoms with van der Waals surface area (Å²) in [6.45, 7) is 3.92. The SMILES string of the molecule is Cc1ccc(NC(=O)[C@@H](N)CNC(=O)C2CCNCC2)cc1C(=O)NCc1cccc2ccccc12. The molecule has 1 fully saturated rings. The van der Waals surface area contributed by atoms with Crippen LogP contribution in [0, 0.1) is 12.8 Å². The van der Waals surface area contributed by atoms with Gasteiger partial charge in [-0.1, -0.05) is 48.5 Å². The first-order valence-electron chi connectivity index (χ1n) is 12.3. The Bertz CT molecular complexity index is 1250. The van der Waals surface area contributed by atoms with Gasteiger partial charge >= 0.3 is 0 Å². The van der Waals surface area contributed by atoms with E-state index in [1.54, 1.807) is 18.2 Å². The Kier molecular flexibility index (Phi) is 8.30. The van der Waals surface area contributed by atoms with Gasteiger partial charge in [0.2, 0.25) is 11.8 Å². The second-order valence-corrected chi connectivity index (χ2v) is 9.22. The fraction of sp³-hybridized carbons (Fsp3) is 0.321. The van der Waals surface area contributed by atoms with Gasteiger partial charge < -0.3 is 27.0 Å². The van der Waals surface area contributed by atoms with Crippen LogP contribution in [0.25, 0.3) is 10.8 Å². The average Bonchev–Trinajstić information content (AvgIpc) is 2.91. The van der Waals surface area contributed by atoms with E-state index in [-0.39, 0.29) is 24.3 Å². The van der Waals surface area contributed by atoms with E-state index >= 15 is 0 Å². The number of aryl methyl sites for hydroxylation is 1. The highest BCUT2D eigenvalue weighted by Gasteiger charge is 2.22. The van der Waals surface area contributed by atoms with Crippen LogP contribution in [0.2, 0.25) is 0 Å². The monoisotopic (exact) mass is 487 g/mol. The lowest BCUT2D eigenvalue weighted by molar-refractivity contribution is -0.126. The predicted octanol–water partition coefficient (Wildman–Crippen LogP) is 2.46. The van der Waals surface area contributed by atoms with Gasteiger partial charge in [0.15, 0.2) is 0 Å². The normalized spacial score (nSPS) is 14.7. The number of rotatable bonds is 8. The number of carbonyl (C=O) groups is 3. The molecule has 0 unspecified atom stereocenters. The smallest absolute Gasteiger partial charge is 0.251 e. The van der Waals surface area contributed by atoms with Crippen molar-refractivity contribution in [2.45, 2.75) is 32.4 Å². The fourth-order valence-corrected chi connectivity index (χ4v) is 4.43. The third kappa shape index (κ3) is 6.27. The highest BCUT2D eigenvalue weighted by molar-refractivity contribution is 5.99. The van der Waals surface area contributed by atoms with Crippen LogP contribution in [-0.2, 0) is 16.1 Å². The second kappa shape index (κ2) is 11.8. The van der Waals surface area contributed by atoms with E-state index < -0.39 is 11.9 Å². The maximum atomic E-state index is 13.0. The molecule has 1 aliphatic rings. The van der Waals surface area contributed by atoms with Crippen molar-refractivity contribution in [2.24, 2.45) is 11.7 Å². The van der Waals surface area contributed by atoms with E-state index in [2.05, 4.69) is 21.3 Å². The molecule has 0 saturated carbocycles. The highest BCUT2D eigenvalue weighted by Crippen LogP contribution is 2.20. The molecule has 8 nitrogen and oxygen atoms in total. The fourth-order valence-electron chi connectivity index (χ4n) is 4.43. The number of nitrogens with two attached hydrogens (primary N) is 1. The molecular weight excluding hydrogens is 454 g/mol. The Balaban J connectivity index is 1.34. The van der Waals surface area contributed by atoms with Gasteiger partial charge in [0.05, 0.1) is 0 Å². The Morgan fingerprint density at radius 1 is 1.00 bits per heavy atom. The molecular formula is C28H33N5O3. The van der Waals surface area contributed by atoms with E-state index in [4.69, 9.17) is 5.73 Å². The van der Waals surface area contributed by atoms with Gasteiger partial charge in [-0.2, -0.15) is 0 Å². The zero-order valence-electron chi connectivity index (χ0n) is 20.5. The third-order valence-corrected chi connectivity index (χ3v) is 6.61. The molecule has 1 heterocycles. The van der Waals surface area contributed by atoms with Crippen molar-refractivity contribution < 1.29 is 14.4 Å². The molecule has 1 saturated heterocycles. The van der Waals surface area contributed by atoms with Crippen molar-refractivity contribution in [2.75, 3.05) is 25.0 Å². The van der Waals surface area contributed by atoms with E-state index in [1.807, 2.05) is 49.4 Å². The molecule has 3 amide bonds. The summed E-state index contributed by atoms with van der Waals surface area (Å²) < 4.78 is 0. The molecule has 0 bridgehead atoms. The van der Waals surface area contributed by atoms with Crippen molar-refractivity contribution in [1.82, 2.24) is 16.0 Å². The Labute approximate surface area is 211 Å². The lowest BCUT2D eigenvalue weighted by Gasteiger charge is -2.22. The summed E-state index contributed by atoms with van der Waals surface area (Å²) in [6.07, 6.45) is 1.56. The van der Waals surface area contributed by atoms with E-state index in [1.165, 1.54) is 0 Å². The van der Waals surface area contributed by atoms with E-state index in [0.29, 0.717) is 17.8 Å². The van der Waals surface area contributed by atoms with Crippen LogP contribution in [0.3, 0.4) is 0 Å². The van der Waals surface area contributed by atoms with E-state index in [9.17, 15) is 14.4 Å². The van der Waals surface area contributed by atoms with Crippen molar-refractivity contribution in [3.05, 3.63) is 77.4 Å². The largest absolute Gasteiger partial charge is 0.354 e. The predicted molar refractivity (Wildman–Crippen MR) is 142 cm³/mol. The quantitative estimate of drug-likeness (QED) is 0.334. The molecule has 0 aromatic heterocycles. The van der Waals surface area contributed by atoms with Crippen LogP contribution < -0.4 is 27.0 Å². The molecule has 0 aliphatic carbocycles. The van der Waals surface area contributed by atoms with Crippen LogP contribution in [0.4, 0.5) is 5.69 Å². The number of fused-ring (bicyclic) bond motifs is 1. The highest BCUT2D eigenvalue weighted by atomic mass is 16.2. The minimum absolute atomic E-state index is 0.0476. The summed E-state index contributed by atoms with van der Waals surface area (Å²) in [5.74, 6) is -0.768. The first-order valence-corrected chi connectivity index (χ1v) is 12.3. The maximum absolute atomic E-state index is 13.0. The summed E-state index contributed by atoms with van der Waals surface area (Å²) in [6, 6.07) is 18.3. The van der Waals surface area contributed by atoms with Gasteiger partial charge in [-0.15, -0.1) is 0 Å². The molecule has 188 valence electrons. The molecule has 0 spiro atoms. The van der Waals surface area contributed by atoms with Gasteiger partial charge in [-0.3, -0.25) is 14.4 Å². The van der Waals surface area contributed by atoms with Crippen LogP contribution in [0.1, 0.15) is 34.3 Å². The Morgan fingerprint density at radius 3 is 2.56 bits per heavy atom. The lowest BCUT2D eigenvalue weighted by atomic mass is 9.97. The van der Waals surface area contributed by atoms with Gasteiger partial charge in [0.25, 0.3) is 5.91 Å². The molecule has 36 heavy (non-hydrogen) atoms. The number of hydrogen-bond acceptors (Lipinski definition) is 5. The number of anilines is 1. The molecule has 1 aliphatic heterocycles. The van der Waals surface area contributed by atoms with Crippen molar-refractivity contribution in [3.8, 4) is 0 Å². The number of piperidine rings is 1. The number of nitrogens with one attached hydrogen (secondary N) is 4. The molecule has 1 atom stereocenters. The molecule has 8 heteroatoms. The zero-order valence-corrected chi connectivity index (χ0v) is 20.5. The third-order valence-electron chi connectivity index (χ3n) is 6.61. The van der Waals surface area contributed by atoms with Crippen LogP contribution >= 0.6 is 0 Å². The average molecular weight is 488 g/mol. The first kappa shape index (κ1) is 25.3. The summed E-state index contributed by atoms with van der Waals surface area (Å²) in [5.41, 5.74) is 8.78. The summed E-state index contributed by atoms with van der Waals surface area (Å²) >= 11 is 0. The van der Waals surface area contributed by atoms with Crippen LogP contribution in [0.5, 0.6) is 0 Å². The van der Waals surface area contributed by atoms with Crippen molar-refractivity contribution in [3.63, 3.8) is 0 Å².